The molecule has 12 nitrogen and oxygen atoms in total. The SMILES string of the molecule is C=CCCC(=O)OC[C@@H](NC(=O)[C@H]1[C@@H]2O[C@@]3(CC2Br)[C@@H]1C(=O)N([C@H](CO)c1ccccc1)[C@@H]3C(=O)N(CC=C)CCN1CCOCC1)c1ccccc1. The van der Waals surface area contributed by atoms with Crippen molar-refractivity contribution in [1.82, 2.24) is 20.0 Å². The zero-order valence-corrected chi connectivity index (χ0v) is 31.5. The molecular formula is C40H49BrN4O8. The normalized spacial score (nSPS) is 27.5. The molecule has 0 aliphatic carbocycles. The van der Waals surface area contributed by atoms with Crippen molar-refractivity contribution in [2.75, 3.05) is 59.2 Å². The van der Waals surface area contributed by atoms with Crippen molar-refractivity contribution in [3.63, 3.8) is 0 Å². The molecule has 8 atom stereocenters. The molecule has 4 saturated heterocycles. The maximum atomic E-state index is 15.0. The number of morpholine rings is 1. The van der Waals surface area contributed by atoms with E-state index in [2.05, 4.69) is 39.3 Å². The second-order valence-electron chi connectivity index (χ2n) is 14.0. The summed E-state index contributed by atoms with van der Waals surface area (Å²) in [5, 5.41) is 14.0. The molecule has 4 fully saturated rings. The minimum Gasteiger partial charge on any atom is -0.463 e. The quantitative estimate of drug-likeness (QED) is 0.141. The number of benzene rings is 2. The van der Waals surface area contributed by atoms with Gasteiger partial charge in [0.05, 0.1) is 49.8 Å². The van der Waals surface area contributed by atoms with E-state index >= 15 is 4.79 Å². The summed E-state index contributed by atoms with van der Waals surface area (Å²) in [6.07, 6.45) is 3.53. The number of aliphatic hydroxyl groups excluding tert-OH is 1. The van der Waals surface area contributed by atoms with Gasteiger partial charge in [-0.15, -0.1) is 13.2 Å². The van der Waals surface area contributed by atoms with Crippen molar-refractivity contribution in [2.24, 2.45) is 11.8 Å². The lowest BCUT2D eigenvalue weighted by molar-refractivity contribution is -0.151. The number of nitrogens with zero attached hydrogens (tertiary/aromatic N) is 3. The van der Waals surface area contributed by atoms with Gasteiger partial charge in [0.25, 0.3) is 0 Å². The van der Waals surface area contributed by atoms with E-state index in [0.717, 1.165) is 18.7 Å². The molecule has 1 unspecified atom stereocenters. The maximum absolute atomic E-state index is 15.0. The Morgan fingerprint density at radius 3 is 2.38 bits per heavy atom. The lowest BCUT2D eigenvalue weighted by Gasteiger charge is -2.40. The monoisotopic (exact) mass is 792 g/mol. The Hall–Kier alpha value is -3.88. The lowest BCUT2D eigenvalue weighted by Crippen LogP contribution is -2.58. The summed E-state index contributed by atoms with van der Waals surface area (Å²) < 4.78 is 17.9. The van der Waals surface area contributed by atoms with Crippen molar-refractivity contribution in [3.05, 3.63) is 97.1 Å². The van der Waals surface area contributed by atoms with Crippen LogP contribution in [0.15, 0.2) is 86.0 Å². The molecular weight excluding hydrogens is 744 g/mol. The smallest absolute Gasteiger partial charge is 0.306 e. The highest BCUT2D eigenvalue weighted by atomic mass is 79.9. The molecule has 4 heterocycles. The molecule has 53 heavy (non-hydrogen) atoms. The molecule has 0 radical (unpaired) electrons. The molecule has 1 spiro atoms. The van der Waals surface area contributed by atoms with Gasteiger partial charge in [-0.2, -0.15) is 0 Å². The number of alkyl halides is 1. The highest BCUT2D eigenvalue weighted by Gasteiger charge is 2.77. The van der Waals surface area contributed by atoms with Crippen LogP contribution in [0.5, 0.6) is 0 Å². The number of fused-ring (bicyclic) bond motifs is 1. The van der Waals surface area contributed by atoms with Gasteiger partial charge in [-0.3, -0.25) is 24.1 Å². The number of amides is 3. The molecule has 3 amide bonds. The first-order chi connectivity index (χ1) is 25.7. The van der Waals surface area contributed by atoms with Crippen LogP contribution in [0.1, 0.15) is 42.5 Å². The van der Waals surface area contributed by atoms with Crippen molar-refractivity contribution in [3.8, 4) is 0 Å². The first-order valence-corrected chi connectivity index (χ1v) is 19.3. The van der Waals surface area contributed by atoms with Crippen LogP contribution in [0.4, 0.5) is 0 Å². The number of ether oxygens (including phenoxy) is 3. The molecule has 13 heteroatoms. The van der Waals surface area contributed by atoms with Crippen LogP contribution in [0.2, 0.25) is 0 Å². The van der Waals surface area contributed by atoms with Crippen LogP contribution in [0.25, 0.3) is 0 Å². The van der Waals surface area contributed by atoms with Crippen LogP contribution in [-0.4, -0.2) is 125 Å². The number of aliphatic hydroxyl groups is 1. The Morgan fingerprint density at radius 2 is 1.74 bits per heavy atom. The molecule has 2 N–H and O–H groups in total. The van der Waals surface area contributed by atoms with E-state index in [4.69, 9.17) is 14.2 Å². The summed E-state index contributed by atoms with van der Waals surface area (Å²) in [5.41, 5.74) is 0.0350. The summed E-state index contributed by atoms with van der Waals surface area (Å²) in [4.78, 5) is 62.1. The van der Waals surface area contributed by atoms with Gasteiger partial charge in [-0.05, 0) is 24.0 Å². The molecule has 284 valence electrons. The van der Waals surface area contributed by atoms with Gasteiger partial charge in [-0.1, -0.05) is 88.7 Å². The number of likely N-dealkylation sites (tertiary alicyclic amines) is 1. The molecule has 2 aromatic rings. The second kappa shape index (κ2) is 17.5. The topological polar surface area (TPSA) is 138 Å². The zero-order valence-electron chi connectivity index (χ0n) is 29.9. The molecule has 2 aromatic carbocycles. The van der Waals surface area contributed by atoms with Crippen molar-refractivity contribution in [1.29, 1.82) is 0 Å². The molecule has 6 rings (SSSR count). The van der Waals surface area contributed by atoms with Crippen molar-refractivity contribution in [2.45, 2.75) is 53.9 Å². The highest BCUT2D eigenvalue weighted by molar-refractivity contribution is 9.09. The zero-order chi connectivity index (χ0) is 37.5. The first kappa shape index (κ1) is 38.8. The average molecular weight is 794 g/mol. The van der Waals surface area contributed by atoms with Gasteiger partial charge in [0.1, 0.15) is 18.2 Å². The van der Waals surface area contributed by atoms with E-state index in [-0.39, 0.29) is 30.3 Å². The van der Waals surface area contributed by atoms with Gasteiger partial charge in [0.15, 0.2) is 0 Å². The van der Waals surface area contributed by atoms with Crippen molar-refractivity contribution >= 4 is 39.6 Å². The fourth-order valence-corrected chi connectivity index (χ4v) is 9.30. The number of carbonyl (C=O) groups is 4. The number of nitrogens with one attached hydrogen (secondary N) is 1. The fourth-order valence-electron chi connectivity index (χ4n) is 8.36. The van der Waals surface area contributed by atoms with E-state index in [1.54, 1.807) is 17.1 Å². The Labute approximate surface area is 319 Å². The Morgan fingerprint density at radius 1 is 1.06 bits per heavy atom. The van der Waals surface area contributed by atoms with Crippen LogP contribution < -0.4 is 5.32 Å². The largest absolute Gasteiger partial charge is 0.463 e. The second-order valence-corrected chi connectivity index (χ2v) is 15.2. The molecule has 2 bridgehead atoms. The van der Waals surface area contributed by atoms with Crippen LogP contribution in [0.3, 0.4) is 0 Å². The Bertz CT molecular complexity index is 1620. The fraction of sp³-hybridized carbons (Fsp3) is 0.500. The molecule has 4 aliphatic heterocycles. The number of rotatable bonds is 17. The summed E-state index contributed by atoms with van der Waals surface area (Å²) in [5.74, 6) is -3.59. The minimum atomic E-state index is -1.35. The molecule has 0 aromatic heterocycles. The third-order valence-corrected chi connectivity index (χ3v) is 11.7. The summed E-state index contributed by atoms with van der Waals surface area (Å²) >= 11 is 3.77. The number of hydrogen-bond acceptors (Lipinski definition) is 9. The third-order valence-electron chi connectivity index (χ3n) is 10.9. The van der Waals surface area contributed by atoms with Gasteiger partial charge < -0.3 is 34.4 Å². The Balaban J connectivity index is 1.34. The van der Waals surface area contributed by atoms with E-state index in [0.29, 0.717) is 44.7 Å². The predicted octanol–water partition coefficient (Wildman–Crippen LogP) is 3.18. The van der Waals surface area contributed by atoms with Crippen LogP contribution in [-0.2, 0) is 33.4 Å². The Kier molecular flexibility index (Phi) is 12.8. The van der Waals surface area contributed by atoms with Crippen LogP contribution in [0, 0.1) is 11.8 Å². The third kappa shape index (κ3) is 8.00. The molecule has 4 aliphatic rings. The van der Waals surface area contributed by atoms with Gasteiger partial charge in [0.2, 0.25) is 17.7 Å². The number of hydrogen-bond donors (Lipinski definition) is 2. The lowest BCUT2D eigenvalue weighted by atomic mass is 9.70. The summed E-state index contributed by atoms with van der Waals surface area (Å²) in [6, 6.07) is 15.6. The summed E-state index contributed by atoms with van der Waals surface area (Å²) in [6.45, 7) is 11.0. The maximum Gasteiger partial charge on any atom is 0.306 e. The van der Waals surface area contributed by atoms with E-state index in [1.165, 1.54) is 4.90 Å². The predicted molar refractivity (Wildman–Crippen MR) is 201 cm³/mol. The average Bonchev–Trinajstić information content (AvgIpc) is 3.78. The van der Waals surface area contributed by atoms with Crippen molar-refractivity contribution < 1.29 is 38.5 Å². The van der Waals surface area contributed by atoms with E-state index < -0.39 is 66.1 Å². The standard InChI is InChI=1S/C40H49BrN4O8/c1-3-5-16-32(47)52-26-30(27-12-8-6-9-13-27)42-37(48)33-34-38(49)45(31(25-46)28-14-10-7-11-15-28)36(40(34)24-29(41)35(33)53-40)39(50)44(17-4-2)19-18-43-20-22-51-23-21-43/h3-4,6-15,29-31,33-36,46H,1-2,5,16-26H2,(H,42,48)/t29?,30-,31-,33-,34+,35-,36-,40+/m1/s1. The number of halogens is 1. The number of carbonyl (C=O) groups excluding carboxylic acids is 4. The van der Waals surface area contributed by atoms with E-state index in [9.17, 15) is 19.5 Å². The summed E-state index contributed by atoms with van der Waals surface area (Å²) in [7, 11) is 0. The van der Waals surface area contributed by atoms with Gasteiger partial charge in [-0.25, -0.2) is 0 Å². The first-order valence-electron chi connectivity index (χ1n) is 18.4. The number of allylic oxidation sites excluding steroid dienone is 1. The van der Waals surface area contributed by atoms with Gasteiger partial charge in [0, 0.05) is 44.0 Å². The van der Waals surface area contributed by atoms with Crippen LogP contribution >= 0.6 is 15.9 Å². The highest BCUT2D eigenvalue weighted by Crippen LogP contribution is 2.61. The number of esters is 1. The molecule has 0 saturated carbocycles. The van der Waals surface area contributed by atoms with E-state index in [1.807, 2.05) is 60.7 Å². The van der Waals surface area contributed by atoms with Gasteiger partial charge >= 0.3 is 5.97 Å². The minimum absolute atomic E-state index is 0.112.